The number of phenols is 1. The third-order valence-electron chi connectivity index (χ3n) is 2.92. The van der Waals surface area contributed by atoms with Crippen LogP contribution in [0.4, 0.5) is 10.5 Å². The average molecular weight is 296 g/mol. The first-order valence-electron chi connectivity index (χ1n) is 6.61. The Labute approximate surface area is 122 Å². The van der Waals surface area contributed by atoms with Gasteiger partial charge in [0, 0.05) is 30.9 Å². The summed E-state index contributed by atoms with van der Waals surface area (Å²) in [5.41, 5.74) is 0.0751. The lowest BCUT2D eigenvalue weighted by Crippen LogP contribution is -2.40. The second-order valence-corrected chi connectivity index (χ2v) is 4.83. The molecule has 1 aromatic carbocycles. The van der Waals surface area contributed by atoms with Gasteiger partial charge < -0.3 is 25.5 Å². The van der Waals surface area contributed by atoms with Crippen molar-refractivity contribution in [2.75, 3.05) is 18.5 Å². The molecule has 1 rings (SSSR count). The Morgan fingerprint density at radius 2 is 2.00 bits per heavy atom. The number of aliphatic hydroxyl groups is 1. The Morgan fingerprint density at radius 3 is 2.48 bits per heavy atom. The number of rotatable bonds is 6. The maximum Gasteiger partial charge on any atom is 0.339 e. The lowest BCUT2D eigenvalue weighted by molar-refractivity contribution is 0.0693. The van der Waals surface area contributed by atoms with Gasteiger partial charge in [0.1, 0.15) is 11.3 Å². The Morgan fingerprint density at radius 1 is 1.33 bits per heavy atom. The first-order valence-corrected chi connectivity index (χ1v) is 6.61. The van der Waals surface area contributed by atoms with Crippen LogP contribution in [0, 0.1) is 0 Å². The van der Waals surface area contributed by atoms with Gasteiger partial charge in [0.25, 0.3) is 0 Å². The predicted octanol–water partition coefficient (Wildman–Crippen LogP) is 1.72. The fourth-order valence-electron chi connectivity index (χ4n) is 1.82. The Kier molecular flexibility index (Phi) is 5.98. The van der Waals surface area contributed by atoms with E-state index in [1.165, 1.54) is 18.2 Å². The van der Waals surface area contributed by atoms with Gasteiger partial charge in [-0.3, -0.25) is 0 Å². The van der Waals surface area contributed by atoms with Crippen LogP contribution in [0.1, 0.15) is 30.6 Å². The highest BCUT2D eigenvalue weighted by Crippen LogP contribution is 2.22. The SMILES string of the molecule is CC(C)N(CCCO)C(=O)Nc1ccc(C(=O)O)c(O)c1. The predicted molar refractivity (Wildman–Crippen MR) is 77.6 cm³/mol. The molecule has 0 bridgehead atoms. The van der Waals surface area contributed by atoms with Crippen molar-refractivity contribution in [3.05, 3.63) is 23.8 Å². The lowest BCUT2D eigenvalue weighted by Gasteiger charge is -2.26. The minimum Gasteiger partial charge on any atom is -0.507 e. The molecule has 21 heavy (non-hydrogen) atoms. The zero-order valence-corrected chi connectivity index (χ0v) is 12.0. The van der Waals surface area contributed by atoms with Crippen molar-refractivity contribution in [2.24, 2.45) is 0 Å². The topological polar surface area (TPSA) is 110 Å². The summed E-state index contributed by atoms with van der Waals surface area (Å²) in [5, 5.41) is 29.8. The molecule has 4 N–H and O–H groups in total. The molecule has 7 heteroatoms. The number of carboxylic acids is 1. The summed E-state index contributed by atoms with van der Waals surface area (Å²) < 4.78 is 0. The zero-order valence-electron chi connectivity index (χ0n) is 12.0. The quantitative estimate of drug-likeness (QED) is 0.639. The van der Waals surface area contributed by atoms with E-state index in [9.17, 15) is 14.7 Å². The van der Waals surface area contributed by atoms with Crippen LogP contribution in [0.25, 0.3) is 0 Å². The van der Waals surface area contributed by atoms with E-state index < -0.39 is 11.7 Å². The minimum atomic E-state index is -1.24. The molecule has 0 spiro atoms. The molecule has 0 heterocycles. The molecular weight excluding hydrogens is 276 g/mol. The van der Waals surface area contributed by atoms with Crippen LogP contribution in [0.3, 0.4) is 0 Å². The number of benzene rings is 1. The van der Waals surface area contributed by atoms with Crippen LogP contribution in [0.5, 0.6) is 5.75 Å². The third-order valence-corrected chi connectivity index (χ3v) is 2.92. The van der Waals surface area contributed by atoms with Crippen molar-refractivity contribution in [2.45, 2.75) is 26.3 Å². The van der Waals surface area contributed by atoms with E-state index in [1.807, 2.05) is 13.8 Å². The Bertz CT molecular complexity index is 516. The standard InChI is InChI=1S/C14H20N2O5/c1-9(2)16(6-3-7-17)14(21)15-10-4-5-11(13(19)20)12(18)8-10/h4-5,8-9,17-18H,3,6-7H2,1-2H3,(H,15,21)(H,19,20). The van der Waals surface area contributed by atoms with Gasteiger partial charge in [-0.2, -0.15) is 0 Å². The number of hydrogen-bond donors (Lipinski definition) is 4. The maximum absolute atomic E-state index is 12.1. The number of anilines is 1. The summed E-state index contributed by atoms with van der Waals surface area (Å²) >= 11 is 0. The zero-order chi connectivity index (χ0) is 16.0. The van der Waals surface area contributed by atoms with Crippen molar-refractivity contribution in [1.29, 1.82) is 0 Å². The van der Waals surface area contributed by atoms with Crippen LogP contribution in [0.15, 0.2) is 18.2 Å². The van der Waals surface area contributed by atoms with Crippen molar-refractivity contribution in [3.63, 3.8) is 0 Å². The number of aromatic hydroxyl groups is 1. The van der Waals surface area contributed by atoms with E-state index in [0.717, 1.165) is 0 Å². The normalized spacial score (nSPS) is 10.5. The molecule has 0 aliphatic rings. The first kappa shape index (κ1) is 16.8. The van der Waals surface area contributed by atoms with Gasteiger partial charge in [-0.25, -0.2) is 9.59 Å². The van der Waals surface area contributed by atoms with E-state index in [1.54, 1.807) is 4.90 Å². The van der Waals surface area contributed by atoms with Gasteiger partial charge in [-0.05, 0) is 32.4 Å². The van der Waals surface area contributed by atoms with Gasteiger partial charge in [0.15, 0.2) is 0 Å². The lowest BCUT2D eigenvalue weighted by atomic mass is 10.2. The molecular formula is C14H20N2O5. The third kappa shape index (κ3) is 4.64. The van der Waals surface area contributed by atoms with Crippen molar-refractivity contribution in [3.8, 4) is 5.75 Å². The second kappa shape index (κ2) is 7.49. The highest BCUT2D eigenvalue weighted by atomic mass is 16.4. The summed E-state index contributed by atoms with van der Waals surface area (Å²) in [4.78, 5) is 24.5. The van der Waals surface area contributed by atoms with Crippen LogP contribution >= 0.6 is 0 Å². The van der Waals surface area contributed by atoms with Crippen molar-refractivity contribution < 1.29 is 24.9 Å². The number of urea groups is 1. The smallest absolute Gasteiger partial charge is 0.339 e. The molecule has 116 valence electrons. The highest BCUT2D eigenvalue weighted by Gasteiger charge is 2.17. The number of nitrogens with zero attached hydrogens (tertiary/aromatic N) is 1. The number of aromatic carboxylic acids is 1. The monoisotopic (exact) mass is 296 g/mol. The van der Waals surface area contributed by atoms with E-state index in [0.29, 0.717) is 18.7 Å². The molecule has 0 aromatic heterocycles. The Balaban J connectivity index is 2.81. The number of aliphatic hydroxyl groups excluding tert-OH is 1. The van der Waals surface area contributed by atoms with Crippen LogP contribution in [0.2, 0.25) is 0 Å². The molecule has 0 aliphatic heterocycles. The molecule has 0 aliphatic carbocycles. The summed E-state index contributed by atoms with van der Waals surface area (Å²) in [6.45, 7) is 4.09. The summed E-state index contributed by atoms with van der Waals surface area (Å²) in [5.74, 6) is -1.65. The number of carbonyl (C=O) groups is 2. The molecule has 1 aromatic rings. The molecule has 0 atom stereocenters. The molecule has 0 saturated heterocycles. The van der Waals surface area contributed by atoms with Gasteiger partial charge >= 0.3 is 12.0 Å². The molecule has 7 nitrogen and oxygen atoms in total. The van der Waals surface area contributed by atoms with Gasteiger partial charge in [-0.1, -0.05) is 0 Å². The van der Waals surface area contributed by atoms with Gasteiger partial charge in [0.2, 0.25) is 0 Å². The highest BCUT2D eigenvalue weighted by molar-refractivity contribution is 5.94. The van der Waals surface area contributed by atoms with E-state index in [2.05, 4.69) is 5.32 Å². The summed E-state index contributed by atoms with van der Waals surface area (Å²) in [7, 11) is 0. The molecule has 2 amide bonds. The van der Waals surface area contributed by atoms with Crippen molar-refractivity contribution >= 4 is 17.7 Å². The first-order chi connectivity index (χ1) is 9.86. The van der Waals surface area contributed by atoms with E-state index >= 15 is 0 Å². The van der Waals surface area contributed by atoms with Crippen molar-refractivity contribution in [1.82, 2.24) is 4.90 Å². The summed E-state index contributed by atoms with van der Waals surface area (Å²) in [6, 6.07) is 3.39. The maximum atomic E-state index is 12.1. The molecule has 0 fully saturated rings. The molecule has 0 saturated carbocycles. The minimum absolute atomic E-state index is 0.00933. The van der Waals surface area contributed by atoms with Gasteiger partial charge in [0.05, 0.1) is 0 Å². The number of carbonyl (C=O) groups excluding carboxylic acids is 1. The van der Waals surface area contributed by atoms with Crippen LogP contribution in [-0.4, -0.2) is 51.4 Å². The Hall–Kier alpha value is -2.28. The molecule has 0 radical (unpaired) electrons. The largest absolute Gasteiger partial charge is 0.507 e. The van der Waals surface area contributed by atoms with Gasteiger partial charge in [-0.15, -0.1) is 0 Å². The summed E-state index contributed by atoms with van der Waals surface area (Å²) in [6.07, 6.45) is 0.467. The van der Waals surface area contributed by atoms with Crippen LogP contribution < -0.4 is 5.32 Å². The fraction of sp³-hybridized carbons (Fsp3) is 0.429. The average Bonchev–Trinajstić information content (AvgIpc) is 2.38. The number of carboxylic acid groups (broad SMARTS) is 1. The van der Waals surface area contributed by atoms with E-state index in [4.69, 9.17) is 10.2 Å². The van der Waals surface area contributed by atoms with Crippen LogP contribution in [-0.2, 0) is 0 Å². The second-order valence-electron chi connectivity index (χ2n) is 4.83. The fourth-order valence-corrected chi connectivity index (χ4v) is 1.82. The number of nitrogens with one attached hydrogen (secondary N) is 1. The number of amides is 2. The van der Waals surface area contributed by atoms with E-state index in [-0.39, 0.29) is 24.2 Å². The molecule has 0 unspecified atom stereocenters. The number of hydrogen-bond acceptors (Lipinski definition) is 4.